The van der Waals surface area contributed by atoms with Crippen LogP contribution in [0.4, 0.5) is 5.69 Å². The number of nitriles is 1. The van der Waals surface area contributed by atoms with Crippen molar-refractivity contribution in [3.05, 3.63) is 83.0 Å². The zero-order chi connectivity index (χ0) is 27.3. The predicted octanol–water partition coefficient (Wildman–Crippen LogP) is 9.04. The van der Waals surface area contributed by atoms with Crippen molar-refractivity contribution in [2.45, 2.75) is 85.0 Å². The van der Waals surface area contributed by atoms with Crippen molar-refractivity contribution in [3.8, 4) is 6.07 Å². The number of rotatable bonds is 18. The summed E-state index contributed by atoms with van der Waals surface area (Å²) in [4.78, 5) is 13.2. The molecule has 1 aromatic carbocycles. The maximum atomic E-state index is 10.9. The number of aliphatic carboxylic acids is 1. The summed E-state index contributed by atoms with van der Waals surface area (Å²) in [6.07, 6.45) is 26.7. The van der Waals surface area contributed by atoms with Gasteiger partial charge in [0.1, 0.15) is 11.6 Å². The van der Waals surface area contributed by atoms with E-state index >= 15 is 0 Å². The number of carboxylic acids is 1. The zero-order valence-corrected chi connectivity index (χ0v) is 23.4. The van der Waals surface area contributed by atoms with Gasteiger partial charge < -0.3 is 10.0 Å². The van der Waals surface area contributed by atoms with Gasteiger partial charge in [-0.15, -0.1) is 0 Å². The minimum Gasteiger partial charge on any atom is -0.477 e. The molecule has 1 N–H and O–H groups in total. The van der Waals surface area contributed by atoms with Gasteiger partial charge in [0.05, 0.1) is 0 Å². The Morgan fingerprint density at radius 1 is 0.892 bits per heavy atom. The summed E-state index contributed by atoms with van der Waals surface area (Å²) in [6.45, 7) is 7.16. The van der Waals surface area contributed by atoms with E-state index in [9.17, 15) is 4.79 Å². The Bertz CT molecular complexity index is 988. The number of nitrogens with zero attached hydrogens (tertiary/aromatic N) is 2. The van der Waals surface area contributed by atoms with E-state index in [2.05, 4.69) is 55.3 Å². The molecule has 1 rings (SSSR count). The van der Waals surface area contributed by atoms with Gasteiger partial charge in [-0.05, 0) is 49.6 Å². The lowest BCUT2D eigenvalue weighted by Gasteiger charge is -2.19. The molecule has 0 aliphatic heterocycles. The first kappa shape index (κ1) is 31.7. The van der Waals surface area contributed by atoms with E-state index in [1.54, 1.807) is 19.1 Å². The van der Waals surface area contributed by atoms with Gasteiger partial charge in [-0.1, -0.05) is 119 Å². The molecule has 0 saturated heterocycles. The summed E-state index contributed by atoms with van der Waals surface area (Å²) in [6, 6.07) is 10.3. The summed E-state index contributed by atoms with van der Waals surface area (Å²) in [5.41, 5.74) is 3.94. The number of hydrogen-bond acceptors (Lipinski definition) is 3. The highest BCUT2D eigenvalue weighted by Crippen LogP contribution is 2.17. The van der Waals surface area contributed by atoms with Crippen molar-refractivity contribution in [2.24, 2.45) is 0 Å². The molecule has 1 aromatic rings. The van der Waals surface area contributed by atoms with E-state index in [0.717, 1.165) is 17.7 Å². The fraction of sp³-hybridized carbons (Fsp3) is 0.455. The molecule has 0 aliphatic carbocycles. The second-order valence-corrected chi connectivity index (χ2v) is 9.71. The Labute approximate surface area is 225 Å². The minimum absolute atomic E-state index is 0.271. The summed E-state index contributed by atoms with van der Waals surface area (Å²) in [5, 5.41) is 17.7. The van der Waals surface area contributed by atoms with Gasteiger partial charge in [-0.25, -0.2) is 4.79 Å². The molecule has 200 valence electrons. The molecule has 0 aliphatic rings. The first-order valence-corrected chi connectivity index (χ1v) is 13.7. The maximum Gasteiger partial charge on any atom is 0.346 e. The smallest absolute Gasteiger partial charge is 0.346 e. The molecule has 0 bridgehead atoms. The van der Waals surface area contributed by atoms with E-state index in [-0.39, 0.29) is 5.57 Å². The second-order valence-electron chi connectivity index (χ2n) is 9.71. The van der Waals surface area contributed by atoms with Gasteiger partial charge in [0.15, 0.2) is 0 Å². The molecular weight excluding hydrogens is 456 g/mol. The molecule has 0 heterocycles. The summed E-state index contributed by atoms with van der Waals surface area (Å²) < 4.78 is 0. The van der Waals surface area contributed by atoms with E-state index < -0.39 is 5.97 Å². The SMILES string of the molecule is CCCCCCCCCCCCN(C)c1ccc(C=CC(C)=CC=CC=C(C)C=C(C#N)C(=O)O)cc1. The lowest BCUT2D eigenvalue weighted by molar-refractivity contribution is -0.132. The molecule has 0 saturated carbocycles. The average molecular weight is 503 g/mol. The summed E-state index contributed by atoms with van der Waals surface area (Å²) in [5.74, 6) is -1.21. The Morgan fingerprint density at radius 3 is 1.97 bits per heavy atom. The fourth-order valence-corrected chi connectivity index (χ4v) is 3.92. The van der Waals surface area contributed by atoms with Crippen LogP contribution in [0.15, 0.2) is 77.4 Å². The third-order valence-electron chi connectivity index (χ3n) is 6.27. The molecule has 0 radical (unpaired) electrons. The average Bonchev–Trinajstić information content (AvgIpc) is 2.89. The van der Waals surface area contributed by atoms with Crippen molar-refractivity contribution in [1.29, 1.82) is 5.26 Å². The first-order chi connectivity index (χ1) is 17.9. The topological polar surface area (TPSA) is 64.3 Å². The van der Waals surface area contributed by atoms with Gasteiger partial charge in [-0.3, -0.25) is 0 Å². The minimum atomic E-state index is -1.21. The third kappa shape index (κ3) is 15.4. The van der Waals surface area contributed by atoms with Crippen molar-refractivity contribution in [3.63, 3.8) is 0 Å². The first-order valence-electron chi connectivity index (χ1n) is 13.7. The van der Waals surface area contributed by atoms with E-state index in [4.69, 9.17) is 10.4 Å². The largest absolute Gasteiger partial charge is 0.477 e. The van der Waals surface area contributed by atoms with Gasteiger partial charge >= 0.3 is 5.97 Å². The van der Waals surface area contributed by atoms with Crippen molar-refractivity contribution >= 4 is 17.7 Å². The zero-order valence-electron chi connectivity index (χ0n) is 23.4. The van der Waals surface area contributed by atoms with E-state index in [0.29, 0.717) is 5.57 Å². The number of benzene rings is 1. The van der Waals surface area contributed by atoms with Crippen LogP contribution >= 0.6 is 0 Å². The highest BCUT2D eigenvalue weighted by molar-refractivity contribution is 5.91. The molecule has 0 aromatic heterocycles. The molecule has 0 amide bonds. The quantitative estimate of drug-likeness (QED) is 0.0941. The number of carbonyl (C=O) groups is 1. The second kappa shape index (κ2) is 19.8. The lowest BCUT2D eigenvalue weighted by atomic mass is 10.1. The monoisotopic (exact) mass is 502 g/mol. The molecule has 0 unspecified atom stereocenters. The summed E-state index contributed by atoms with van der Waals surface area (Å²) >= 11 is 0. The molecule has 0 spiro atoms. The van der Waals surface area contributed by atoms with Crippen molar-refractivity contribution in [2.75, 3.05) is 18.5 Å². The van der Waals surface area contributed by atoms with Gasteiger partial charge in [0.2, 0.25) is 0 Å². The number of carboxylic acid groups (broad SMARTS) is 1. The number of anilines is 1. The highest BCUT2D eigenvalue weighted by atomic mass is 16.4. The van der Waals surface area contributed by atoms with Crippen LogP contribution in [0.1, 0.15) is 90.5 Å². The third-order valence-corrected chi connectivity index (χ3v) is 6.27. The lowest BCUT2D eigenvalue weighted by Crippen LogP contribution is -2.18. The van der Waals surface area contributed by atoms with Gasteiger partial charge in [0.25, 0.3) is 0 Å². The Hall–Kier alpha value is -3.32. The Kier molecular flexibility index (Phi) is 17.0. The number of allylic oxidation sites excluding steroid dienone is 8. The molecule has 0 fully saturated rings. The maximum absolute atomic E-state index is 10.9. The van der Waals surface area contributed by atoms with Gasteiger partial charge in [-0.2, -0.15) is 5.26 Å². The van der Waals surface area contributed by atoms with Crippen LogP contribution in [0.3, 0.4) is 0 Å². The van der Waals surface area contributed by atoms with Crippen molar-refractivity contribution < 1.29 is 9.90 Å². The van der Waals surface area contributed by atoms with Crippen LogP contribution in [0.5, 0.6) is 0 Å². The Morgan fingerprint density at radius 2 is 1.43 bits per heavy atom. The normalized spacial score (nSPS) is 12.9. The van der Waals surface area contributed by atoms with Crippen LogP contribution in [-0.4, -0.2) is 24.7 Å². The van der Waals surface area contributed by atoms with Crippen LogP contribution in [0.2, 0.25) is 0 Å². The number of hydrogen-bond donors (Lipinski definition) is 1. The molecule has 4 heteroatoms. The standard InChI is InChI=1S/C33H46N2O2/c1-5-6-7-8-9-10-11-12-13-16-25-35(4)32-23-21-30(22-24-32)20-19-28(2)17-14-15-18-29(3)26-31(27-34)33(36)37/h14-15,17-24,26H,5-13,16,25H2,1-4H3,(H,36,37). The van der Waals surface area contributed by atoms with Crippen LogP contribution in [-0.2, 0) is 4.79 Å². The fourth-order valence-electron chi connectivity index (χ4n) is 3.92. The van der Waals surface area contributed by atoms with Crippen LogP contribution in [0.25, 0.3) is 6.08 Å². The van der Waals surface area contributed by atoms with Gasteiger partial charge in [0, 0.05) is 19.3 Å². The molecular formula is C33H46N2O2. The highest BCUT2D eigenvalue weighted by Gasteiger charge is 2.04. The number of unbranched alkanes of at least 4 members (excludes halogenated alkanes) is 9. The van der Waals surface area contributed by atoms with E-state index in [1.165, 1.54) is 76.0 Å². The van der Waals surface area contributed by atoms with Crippen LogP contribution in [0, 0.1) is 11.3 Å². The van der Waals surface area contributed by atoms with E-state index in [1.807, 2.05) is 25.2 Å². The molecule has 4 nitrogen and oxygen atoms in total. The molecule has 37 heavy (non-hydrogen) atoms. The molecule has 0 atom stereocenters. The van der Waals surface area contributed by atoms with Crippen LogP contribution < -0.4 is 4.90 Å². The summed E-state index contributed by atoms with van der Waals surface area (Å²) in [7, 11) is 2.17. The predicted molar refractivity (Wildman–Crippen MR) is 159 cm³/mol. The Balaban J connectivity index is 2.40. The van der Waals surface area contributed by atoms with Crippen molar-refractivity contribution in [1.82, 2.24) is 0 Å².